The monoisotopic (exact) mass is 519 g/mol. The zero-order valence-corrected chi connectivity index (χ0v) is 22.4. The Labute approximate surface area is 222 Å². The number of piperazine rings is 1. The van der Waals surface area contributed by atoms with Gasteiger partial charge in [-0.25, -0.2) is 14.4 Å². The molecule has 0 radical (unpaired) electrons. The number of anilines is 3. The Bertz CT molecular complexity index is 1300. The number of aromatic nitrogens is 4. The number of nitrogens with zero attached hydrogens (tertiary/aromatic N) is 9. The van der Waals surface area contributed by atoms with E-state index in [0.717, 1.165) is 43.0 Å². The van der Waals surface area contributed by atoms with Gasteiger partial charge in [0.05, 0.1) is 17.3 Å². The Morgan fingerprint density at radius 3 is 2.53 bits per heavy atom. The maximum Gasteiger partial charge on any atom is 0.242 e. The Morgan fingerprint density at radius 1 is 1.13 bits per heavy atom. The fourth-order valence-corrected chi connectivity index (χ4v) is 6.54. The van der Waals surface area contributed by atoms with Crippen molar-refractivity contribution in [1.82, 2.24) is 30.0 Å². The number of carbonyl (C=O) groups excluding carboxylic acids is 1. The molecule has 3 aliphatic heterocycles. The maximum atomic E-state index is 13.6. The van der Waals surface area contributed by atoms with Gasteiger partial charge in [-0.3, -0.25) is 9.69 Å². The third-order valence-corrected chi connectivity index (χ3v) is 9.08. The van der Waals surface area contributed by atoms with Crippen molar-refractivity contribution < 1.29 is 9.18 Å². The van der Waals surface area contributed by atoms with Crippen LogP contribution >= 0.6 is 0 Å². The van der Waals surface area contributed by atoms with Crippen LogP contribution in [0.1, 0.15) is 58.1 Å². The van der Waals surface area contributed by atoms with Crippen LogP contribution in [-0.4, -0.2) is 92.4 Å². The Balaban J connectivity index is 1.30. The summed E-state index contributed by atoms with van der Waals surface area (Å²) >= 11 is 0. The number of hydrogen-bond donors (Lipinski definition) is 0. The van der Waals surface area contributed by atoms with Crippen molar-refractivity contribution in [2.24, 2.45) is 0 Å². The first-order valence-electron chi connectivity index (χ1n) is 13.5. The highest BCUT2D eigenvalue weighted by Gasteiger charge is 2.52. The molecule has 11 heteroatoms. The quantitative estimate of drug-likeness (QED) is 0.603. The van der Waals surface area contributed by atoms with E-state index in [1.807, 2.05) is 23.6 Å². The van der Waals surface area contributed by atoms with Gasteiger partial charge in [-0.2, -0.15) is 10.4 Å². The van der Waals surface area contributed by atoms with Crippen LogP contribution in [0.3, 0.4) is 0 Å². The number of hydrogen-bond acceptors (Lipinski definition) is 9. The fraction of sp³-hybridized carbons (Fsp3) is 0.630. The molecule has 2 atom stereocenters. The number of likely N-dealkylation sites (tertiary alicyclic amines) is 1. The van der Waals surface area contributed by atoms with E-state index in [2.05, 4.69) is 39.9 Å². The van der Waals surface area contributed by atoms with Crippen LogP contribution in [0.15, 0.2) is 18.6 Å². The second kappa shape index (κ2) is 8.83. The lowest BCUT2D eigenvalue weighted by molar-refractivity contribution is -0.151. The zero-order valence-electron chi connectivity index (χ0n) is 22.4. The molecule has 10 nitrogen and oxygen atoms in total. The van der Waals surface area contributed by atoms with Gasteiger partial charge >= 0.3 is 0 Å². The summed E-state index contributed by atoms with van der Waals surface area (Å²) < 4.78 is 13.6. The first-order valence-corrected chi connectivity index (χ1v) is 13.5. The summed E-state index contributed by atoms with van der Waals surface area (Å²) in [5, 5.41) is 17.7. The molecule has 1 spiro atoms. The molecule has 0 aromatic carbocycles. The van der Waals surface area contributed by atoms with Crippen LogP contribution in [0.2, 0.25) is 0 Å². The molecule has 2 aromatic heterocycles. The van der Waals surface area contributed by atoms with Crippen molar-refractivity contribution in [3.05, 3.63) is 29.7 Å². The minimum atomic E-state index is -0.845. The van der Waals surface area contributed by atoms with Crippen molar-refractivity contribution in [1.29, 1.82) is 5.26 Å². The second-order valence-corrected chi connectivity index (χ2v) is 11.9. The second-order valence-electron chi connectivity index (χ2n) is 11.9. The standard InChI is InChI=1S/C27H34FN9O/c1-17-12-36(25(38)26(3,4)34-13-20(28)14-34)18(2)11-35(17)23-22-24(31-16-30-23)37(15-27(22)6-5-7-27)21-8-19(9-29)10-32-33-21/h8,10,16-18,20H,5-7,11-15H2,1-4H3/t17-,18+/m0/s1. The maximum absolute atomic E-state index is 13.6. The third kappa shape index (κ3) is 3.72. The topological polar surface area (TPSA) is 105 Å². The van der Waals surface area contributed by atoms with Crippen LogP contribution in [0.5, 0.6) is 0 Å². The molecule has 200 valence electrons. The first-order chi connectivity index (χ1) is 18.1. The summed E-state index contributed by atoms with van der Waals surface area (Å²) in [6.07, 6.45) is 5.46. The van der Waals surface area contributed by atoms with E-state index >= 15 is 0 Å². The van der Waals surface area contributed by atoms with Gasteiger partial charge in [0, 0.05) is 61.9 Å². The molecule has 1 saturated carbocycles. The highest BCUT2D eigenvalue weighted by molar-refractivity contribution is 5.86. The summed E-state index contributed by atoms with van der Waals surface area (Å²) in [7, 11) is 0. The Hall–Kier alpha value is -3.39. The van der Waals surface area contributed by atoms with E-state index in [1.165, 1.54) is 6.20 Å². The smallest absolute Gasteiger partial charge is 0.242 e. The summed E-state index contributed by atoms with van der Waals surface area (Å²) in [5.41, 5.74) is 0.815. The van der Waals surface area contributed by atoms with E-state index in [4.69, 9.17) is 9.97 Å². The highest BCUT2D eigenvalue weighted by Crippen LogP contribution is 2.56. The van der Waals surface area contributed by atoms with Crippen molar-refractivity contribution >= 4 is 23.4 Å². The summed E-state index contributed by atoms with van der Waals surface area (Å²) in [6, 6.07) is 3.93. The lowest BCUT2D eigenvalue weighted by Gasteiger charge is -2.51. The van der Waals surface area contributed by atoms with Crippen LogP contribution < -0.4 is 9.80 Å². The van der Waals surface area contributed by atoms with Crippen molar-refractivity contribution in [2.75, 3.05) is 42.5 Å². The molecule has 6 rings (SSSR count). The molecule has 0 unspecified atom stereocenters. The first kappa shape index (κ1) is 24.9. The molecule has 4 aliphatic rings. The lowest BCUT2D eigenvalue weighted by atomic mass is 9.66. The van der Waals surface area contributed by atoms with Gasteiger partial charge in [0.2, 0.25) is 5.91 Å². The van der Waals surface area contributed by atoms with Gasteiger partial charge in [-0.1, -0.05) is 6.42 Å². The molecule has 0 N–H and O–H groups in total. The third-order valence-electron chi connectivity index (χ3n) is 9.08. The fourth-order valence-electron chi connectivity index (χ4n) is 6.54. The number of amides is 1. The average molecular weight is 520 g/mol. The predicted molar refractivity (Wildman–Crippen MR) is 140 cm³/mol. The van der Waals surface area contributed by atoms with Crippen LogP contribution in [0.25, 0.3) is 0 Å². The molecule has 38 heavy (non-hydrogen) atoms. The summed E-state index contributed by atoms with van der Waals surface area (Å²) in [5.74, 6) is 2.43. The Morgan fingerprint density at radius 2 is 1.87 bits per heavy atom. The van der Waals surface area contributed by atoms with Crippen LogP contribution in [0.4, 0.5) is 21.8 Å². The van der Waals surface area contributed by atoms with E-state index < -0.39 is 11.7 Å². The minimum absolute atomic E-state index is 0.0286. The largest absolute Gasteiger partial charge is 0.350 e. The van der Waals surface area contributed by atoms with E-state index in [1.54, 1.807) is 12.4 Å². The van der Waals surface area contributed by atoms with Gasteiger partial charge in [0.1, 0.15) is 30.2 Å². The van der Waals surface area contributed by atoms with Crippen molar-refractivity contribution in [2.45, 2.75) is 76.2 Å². The van der Waals surface area contributed by atoms with E-state index in [0.29, 0.717) is 37.6 Å². The van der Waals surface area contributed by atoms with Gasteiger partial charge < -0.3 is 14.7 Å². The molecular formula is C27H34FN9O. The van der Waals surface area contributed by atoms with Crippen LogP contribution in [-0.2, 0) is 10.2 Å². The Kier molecular flexibility index (Phi) is 5.79. The van der Waals surface area contributed by atoms with Gasteiger partial charge in [-0.05, 0) is 40.5 Å². The van der Waals surface area contributed by atoms with E-state index in [-0.39, 0.29) is 23.4 Å². The molecule has 3 fully saturated rings. The molecule has 1 amide bonds. The molecule has 2 aromatic rings. The average Bonchev–Trinajstić information content (AvgIpc) is 3.24. The highest BCUT2D eigenvalue weighted by atomic mass is 19.1. The molecule has 2 saturated heterocycles. The number of nitriles is 1. The van der Waals surface area contributed by atoms with Crippen molar-refractivity contribution in [3.8, 4) is 6.07 Å². The van der Waals surface area contributed by atoms with Gasteiger partial charge in [0.25, 0.3) is 0 Å². The predicted octanol–water partition coefficient (Wildman–Crippen LogP) is 2.57. The van der Waals surface area contributed by atoms with Gasteiger partial charge in [-0.15, -0.1) is 5.10 Å². The summed E-state index contributed by atoms with van der Waals surface area (Å²) in [4.78, 5) is 31.5. The minimum Gasteiger partial charge on any atom is -0.350 e. The normalized spacial score (nSPS) is 25.1. The number of carbonyl (C=O) groups is 1. The lowest BCUT2D eigenvalue weighted by Crippen LogP contribution is -2.68. The van der Waals surface area contributed by atoms with Gasteiger partial charge in [0.15, 0.2) is 5.82 Å². The van der Waals surface area contributed by atoms with E-state index in [9.17, 15) is 14.4 Å². The molecular weight excluding hydrogens is 485 g/mol. The number of rotatable bonds is 4. The number of alkyl halides is 1. The number of fused-ring (bicyclic) bond motifs is 2. The zero-order chi connectivity index (χ0) is 26.8. The molecule has 1 aliphatic carbocycles. The SMILES string of the molecule is C[C@@H]1CN(c2ncnc3c2C2(CCC2)CN3c2cc(C#N)cnn2)[C@@H](C)CN1C(=O)C(C)(C)N1CC(F)C1. The summed E-state index contributed by atoms with van der Waals surface area (Å²) in [6.45, 7) is 10.6. The van der Waals surface area contributed by atoms with Crippen molar-refractivity contribution in [3.63, 3.8) is 0 Å². The molecule has 0 bridgehead atoms. The number of halogens is 1. The molecule has 5 heterocycles. The van der Waals surface area contributed by atoms with Crippen LogP contribution in [0, 0.1) is 11.3 Å².